The lowest BCUT2D eigenvalue weighted by molar-refractivity contribution is 0.0950. The smallest absolute Gasteiger partial charge is 0.263 e. The van der Waals surface area contributed by atoms with E-state index in [-0.39, 0.29) is 5.91 Å². The number of fused-ring (bicyclic) bond motifs is 1. The van der Waals surface area contributed by atoms with Crippen LogP contribution in [0.15, 0.2) is 30.3 Å². The molecular formula is C19H23N3OS. The summed E-state index contributed by atoms with van der Waals surface area (Å²) in [5, 5.41) is 3.94. The Bertz CT molecular complexity index is 719. The number of hydrogen-bond acceptors (Lipinski definition) is 4. The molecule has 1 N–H and O–H groups in total. The van der Waals surface area contributed by atoms with Crippen molar-refractivity contribution in [2.24, 2.45) is 5.92 Å². The number of nitrogens with zero attached hydrogens (tertiary/aromatic N) is 2. The molecule has 1 fully saturated rings. The second kappa shape index (κ2) is 6.55. The van der Waals surface area contributed by atoms with Gasteiger partial charge < -0.3 is 10.2 Å². The monoisotopic (exact) mass is 341 g/mol. The van der Waals surface area contributed by atoms with Crippen LogP contribution >= 0.6 is 11.3 Å². The Morgan fingerprint density at radius 3 is 2.71 bits per heavy atom. The summed E-state index contributed by atoms with van der Waals surface area (Å²) < 4.78 is 0. The van der Waals surface area contributed by atoms with Crippen LogP contribution in [0.1, 0.15) is 46.6 Å². The van der Waals surface area contributed by atoms with E-state index >= 15 is 0 Å². The van der Waals surface area contributed by atoms with E-state index in [1.807, 2.05) is 0 Å². The van der Waals surface area contributed by atoms with Gasteiger partial charge in [-0.15, -0.1) is 0 Å². The van der Waals surface area contributed by atoms with Gasteiger partial charge in [0.15, 0.2) is 5.13 Å². The normalized spacial score (nSPS) is 19.7. The molecule has 0 bridgehead atoms. The van der Waals surface area contributed by atoms with Gasteiger partial charge in [0, 0.05) is 26.1 Å². The van der Waals surface area contributed by atoms with Crippen molar-refractivity contribution in [1.82, 2.24) is 10.3 Å². The predicted octanol–water partition coefficient (Wildman–Crippen LogP) is 3.45. The van der Waals surface area contributed by atoms with Crippen LogP contribution in [0.3, 0.4) is 0 Å². The summed E-state index contributed by atoms with van der Waals surface area (Å²) >= 11 is 1.56. The third-order valence-electron chi connectivity index (χ3n) is 5.38. The molecule has 4 nitrogen and oxygen atoms in total. The number of benzene rings is 1. The highest BCUT2D eigenvalue weighted by atomic mass is 32.1. The molecule has 1 amide bonds. The first-order chi connectivity index (χ1) is 11.7. The Hall–Kier alpha value is -1.88. The van der Waals surface area contributed by atoms with Crippen molar-refractivity contribution in [2.45, 2.75) is 32.1 Å². The molecule has 1 saturated heterocycles. The molecule has 4 rings (SSSR count). The topological polar surface area (TPSA) is 45.2 Å². The van der Waals surface area contributed by atoms with Gasteiger partial charge in [-0.05, 0) is 30.2 Å². The van der Waals surface area contributed by atoms with E-state index in [0.29, 0.717) is 12.5 Å². The summed E-state index contributed by atoms with van der Waals surface area (Å²) in [7, 11) is 0. The standard InChI is InChI=1S/C19H23N3OS/c1-13(14-5-3-2-4-6-14)15-8-11-22(12-9-15)19-21-16-7-10-20-18(23)17(16)24-19/h2-6,13,15H,7-12H2,1H3,(H,20,23). The summed E-state index contributed by atoms with van der Waals surface area (Å²) in [5.41, 5.74) is 2.43. The van der Waals surface area contributed by atoms with Crippen LogP contribution in [0.4, 0.5) is 5.13 Å². The average Bonchev–Trinajstić information content (AvgIpc) is 3.08. The molecule has 2 aliphatic heterocycles. The van der Waals surface area contributed by atoms with Crippen LogP contribution < -0.4 is 10.2 Å². The molecule has 2 aliphatic rings. The minimum Gasteiger partial charge on any atom is -0.351 e. The van der Waals surface area contributed by atoms with Gasteiger partial charge in [0.1, 0.15) is 4.88 Å². The van der Waals surface area contributed by atoms with E-state index in [9.17, 15) is 4.79 Å². The number of carbonyl (C=O) groups is 1. The fourth-order valence-corrected chi connectivity index (χ4v) is 4.90. The summed E-state index contributed by atoms with van der Waals surface area (Å²) in [6, 6.07) is 10.8. The molecule has 3 heterocycles. The molecule has 0 aliphatic carbocycles. The summed E-state index contributed by atoms with van der Waals surface area (Å²) in [5.74, 6) is 1.37. The number of rotatable bonds is 3. The Kier molecular flexibility index (Phi) is 4.27. The van der Waals surface area contributed by atoms with Crippen LogP contribution in [-0.4, -0.2) is 30.5 Å². The molecule has 1 aromatic carbocycles. The van der Waals surface area contributed by atoms with Crippen molar-refractivity contribution in [3.8, 4) is 0 Å². The van der Waals surface area contributed by atoms with Crippen LogP contribution in [0.5, 0.6) is 0 Å². The van der Waals surface area contributed by atoms with E-state index in [2.05, 4.69) is 47.5 Å². The van der Waals surface area contributed by atoms with Gasteiger partial charge in [0.05, 0.1) is 5.69 Å². The van der Waals surface area contributed by atoms with Crippen LogP contribution in [0.25, 0.3) is 0 Å². The molecule has 1 aromatic heterocycles. The van der Waals surface area contributed by atoms with Crippen molar-refractivity contribution < 1.29 is 4.79 Å². The van der Waals surface area contributed by atoms with Crippen molar-refractivity contribution >= 4 is 22.4 Å². The first kappa shape index (κ1) is 15.6. The maximum Gasteiger partial charge on any atom is 0.263 e. The molecule has 0 saturated carbocycles. The molecule has 0 spiro atoms. The fraction of sp³-hybridized carbons (Fsp3) is 0.474. The first-order valence-electron chi connectivity index (χ1n) is 8.80. The van der Waals surface area contributed by atoms with Gasteiger partial charge in [-0.2, -0.15) is 0 Å². The van der Waals surface area contributed by atoms with Gasteiger partial charge in [-0.1, -0.05) is 48.6 Å². The van der Waals surface area contributed by atoms with E-state index in [0.717, 1.165) is 41.1 Å². The lowest BCUT2D eigenvalue weighted by Crippen LogP contribution is -2.35. The Balaban J connectivity index is 1.42. The summed E-state index contributed by atoms with van der Waals surface area (Å²) in [4.78, 5) is 19.8. The lowest BCUT2D eigenvalue weighted by Gasteiger charge is -2.35. The number of thiazole rings is 1. The first-order valence-corrected chi connectivity index (χ1v) is 9.62. The number of anilines is 1. The largest absolute Gasteiger partial charge is 0.351 e. The zero-order valence-electron chi connectivity index (χ0n) is 14.0. The highest BCUT2D eigenvalue weighted by Gasteiger charge is 2.28. The number of aromatic nitrogens is 1. The molecule has 2 aromatic rings. The van der Waals surface area contributed by atoms with Gasteiger partial charge >= 0.3 is 0 Å². The minimum atomic E-state index is 0.0487. The molecule has 126 valence electrons. The molecule has 0 radical (unpaired) electrons. The molecule has 1 unspecified atom stereocenters. The number of hydrogen-bond donors (Lipinski definition) is 1. The SMILES string of the molecule is CC(c1ccccc1)C1CCN(c2nc3c(s2)C(=O)NCC3)CC1. The molecule has 24 heavy (non-hydrogen) atoms. The van der Waals surface area contributed by atoms with Gasteiger partial charge in [0.2, 0.25) is 0 Å². The Labute approximate surface area is 146 Å². The quantitative estimate of drug-likeness (QED) is 0.930. The van der Waals surface area contributed by atoms with Crippen molar-refractivity contribution in [3.05, 3.63) is 46.5 Å². The predicted molar refractivity (Wildman–Crippen MR) is 97.9 cm³/mol. The van der Waals surface area contributed by atoms with Gasteiger partial charge in [-0.25, -0.2) is 4.98 Å². The number of piperidine rings is 1. The third-order valence-corrected chi connectivity index (χ3v) is 6.54. The maximum absolute atomic E-state index is 11.9. The number of carbonyl (C=O) groups excluding carboxylic acids is 1. The highest BCUT2D eigenvalue weighted by Crippen LogP contribution is 2.35. The van der Waals surface area contributed by atoms with E-state index in [1.165, 1.54) is 18.4 Å². The zero-order valence-corrected chi connectivity index (χ0v) is 14.8. The van der Waals surface area contributed by atoms with Crippen molar-refractivity contribution in [3.63, 3.8) is 0 Å². The van der Waals surface area contributed by atoms with Crippen molar-refractivity contribution in [1.29, 1.82) is 0 Å². The second-order valence-electron chi connectivity index (χ2n) is 6.80. The Morgan fingerprint density at radius 2 is 2.00 bits per heavy atom. The van der Waals surface area contributed by atoms with Crippen LogP contribution in [-0.2, 0) is 6.42 Å². The van der Waals surface area contributed by atoms with Gasteiger partial charge in [-0.3, -0.25) is 4.79 Å². The molecule has 1 atom stereocenters. The minimum absolute atomic E-state index is 0.0487. The fourth-order valence-electron chi connectivity index (χ4n) is 3.82. The summed E-state index contributed by atoms with van der Waals surface area (Å²) in [6.45, 7) is 5.14. The summed E-state index contributed by atoms with van der Waals surface area (Å²) in [6.07, 6.45) is 3.23. The third kappa shape index (κ3) is 2.93. The van der Waals surface area contributed by atoms with E-state index in [1.54, 1.807) is 11.3 Å². The highest BCUT2D eigenvalue weighted by molar-refractivity contribution is 7.17. The number of amides is 1. The van der Waals surface area contributed by atoms with Crippen LogP contribution in [0, 0.1) is 5.92 Å². The van der Waals surface area contributed by atoms with Crippen molar-refractivity contribution in [2.75, 3.05) is 24.5 Å². The molecule has 5 heteroatoms. The van der Waals surface area contributed by atoms with E-state index in [4.69, 9.17) is 4.98 Å². The zero-order chi connectivity index (χ0) is 16.5. The van der Waals surface area contributed by atoms with Crippen LogP contribution in [0.2, 0.25) is 0 Å². The maximum atomic E-state index is 11.9. The Morgan fingerprint density at radius 1 is 1.25 bits per heavy atom. The lowest BCUT2D eigenvalue weighted by atomic mass is 9.81. The average molecular weight is 341 g/mol. The van der Waals surface area contributed by atoms with E-state index < -0.39 is 0 Å². The molecular weight excluding hydrogens is 318 g/mol. The second-order valence-corrected chi connectivity index (χ2v) is 7.78. The van der Waals surface area contributed by atoms with Gasteiger partial charge in [0.25, 0.3) is 5.91 Å². The number of nitrogens with one attached hydrogen (secondary N) is 1.